The van der Waals surface area contributed by atoms with E-state index in [0.29, 0.717) is 21.3 Å². The average molecular weight is 514 g/mol. The van der Waals surface area contributed by atoms with E-state index in [-0.39, 0.29) is 31.5 Å². The summed E-state index contributed by atoms with van der Waals surface area (Å²) in [4.78, 5) is 28.7. The van der Waals surface area contributed by atoms with Crippen molar-refractivity contribution in [2.45, 2.75) is 26.0 Å². The Hall–Kier alpha value is -2.39. The normalized spacial score (nSPS) is 13.6. The molecule has 0 radical (unpaired) electrons. The molecule has 3 amide bonds. The number of halogens is 3. The maximum absolute atomic E-state index is 13.2. The van der Waals surface area contributed by atoms with Crippen LogP contribution in [0.2, 0.25) is 10.0 Å². The molecule has 7 nitrogen and oxygen atoms in total. The van der Waals surface area contributed by atoms with Gasteiger partial charge in [0.05, 0.1) is 18.8 Å². The molecule has 3 atom stereocenters. The average Bonchev–Trinajstić information content (AvgIpc) is 2.80. The molecule has 0 bridgehead atoms. The number of aliphatic hydroxyl groups excluding tert-OH is 1. The zero-order valence-electron chi connectivity index (χ0n) is 19.6. The van der Waals surface area contributed by atoms with Gasteiger partial charge in [-0.15, -0.1) is 0 Å². The molecular weight excluding hydrogens is 484 g/mol. The first-order valence-electron chi connectivity index (χ1n) is 10.7. The number of amides is 3. The van der Waals surface area contributed by atoms with Gasteiger partial charge in [-0.05, 0) is 49.4 Å². The van der Waals surface area contributed by atoms with Gasteiger partial charge >= 0.3 is 6.03 Å². The molecule has 10 heteroatoms. The van der Waals surface area contributed by atoms with Gasteiger partial charge in [0.2, 0.25) is 0 Å². The third kappa shape index (κ3) is 7.84. The Bertz CT molecular complexity index is 957. The van der Waals surface area contributed by atoms with Crippen molar-refractivity contribution in [2.75, 3.05) is 39.2 Å². The van der Waals surface area contributed by atoms with Gasteiger partial charge in [0, 0.05) is 54.5 Å². The third-order valence-electron chi connectivity index (χ3n) is 5.48. The minimum absolute atomic E-state index is 0.198. The summed E-state index contributed by atoms with van der Waals surface area (Å²) in [6.07, 6.45) is -0.407. The largest absolute Gasteiger partial charge is 0.394 e. The maximum atomic E-state index is 13.2. The molecule has 0 saturated heterocycles. The van der Waals surface area contributed by atoms with Crippen LogP contribution in [0.5, 0.6) is 0 Å². The number of nitrogens with zero attached hydrogens (tertiary/aromatic N) is 2. The molecule has 0 aromatic heterocycles. The first kappa shape index (κ1) is 27.9. The van der Waals surface area contributed by atoms with Crippen molar-refractivity contribution in [3.8, 4) is 0 Å². The molecule has 0 heterocycles. The number of benzene rings is 2. The first-order valence-corrected chi connectivity index (χ1v) is 11.5. The lowest BCUT2D eigenvalue weighted by Crippen LogP contribution is -2.48. The van der Waals surface area contributed by atoms with Gasteiger partial charge in [-0.25, -0.2) is 9.18 Å². The van der Waals surface area contributed by atoms with E-state index in [1.54, 1.807) is 32.2 Å². The second-order valence-corrected chi connectivity index (χ2v) is 9.09. The summed E-state index contributed by atoms with van der Waals surface area (Å²) in [6.45, 7) is 3.87. The van der Waals surface area contributed by atoms with Gasteiger partial charge in [-0.2, -0.15) is 0 Å². The number of carbonyl (C=O) groups is 2. The molecule has 186 valence electrons. The molecule has 2 rings (SSSR count). The van der Waals surface area contributed by atoms with Gasteiger partial charge in [-0.1, -0.05) is 30.1 Å². The zero-order valence-corrected chi connectivity index (χ0v) is 21.1. The molecule has 0 saturated carbocycles. The van der Waals surface area contributed by atoms with E-state index in [4.69, 9.17) is 27.9 Å². The fraction of sp³-hybridized carbons (Fsp3) is 0.417. The Morgan fingerprint density at radius 2 is 1.68 bits per heavy atom. The lowest BCUT2D eigenvalue weighted by molar-refractivity contribution is 0.0183. The molecule has 0 aliphatic rings. The van der Waals surface area contributed by atoms with Gasteiger partial charge in [-0.3, -0.25) is 4.79 Å². The number of urea groups is 1. The van der Waals surface area contributed by atoms with Gasteiger partial charge < -0.3 is 25.0 Å². The predicted octanol–water partition coefficient (Wildman–Crippen LogP) is 4.77. The Balaban J connectivity index is 2.09. The Morgan fingerprint density at radius 3 is 2.21 bits per heavy atom. The third-order valence-corrected chi connectivity index (χ3v) is 5.92. The molecule has 0 spiro atoms. The molecular formula is C24H30Cl2FN3O4. The van der Waals surface area contributed by atoms with E-state index >= 15 is 0 Å². The Morgan fingerprint density at radius 1 is 1.09 bits per heavy atom. The standard InChI is InChI=1S/C24H30Cl2FN3O4/c1-15(12-30(16(2)14-31)24(33)28-21-7-5-20(27)6-8-21)22(34-4)13-29(3)23(32)17-9-18(25)11-19(26)10-17/h5-11,15-16,22,31H,12-14H2,1-4H3,(H,28,33)/t15-,16+,22-/m0/s1. The lowest BCUT2D eigenvalue weighted by atomic mass is 10.0. The molecule has 0 aliphatic carbocycles. The van der Waals surface area contributed by atoms with Crippen molar-refractivity contribution < 1.29 is 23.8 Å². The quantitative estimate of drug-likeness (QED) is 0.479. The minimum atomic E-state index is -0.478. The van der Waals surface area contributed by atoms with Crippen LogP contribution in [0.3, 0.4) is 0 Å². The summed E-state index contributed by atoms with van der Waals surface area (Å²) in [5.74, 6) is -0.877. The highest BCUT2D eigenvalue weighted by Crippen LogP contribution is 2.21. The van der Waals surface area contributed by atoms with Crippen molar-refractivity contribution in [3.05, 3.63) is 63.9 Å². The molecule has 2 N–H and O–H groups in total. The molecule has 0 unspecified atom stereocenters. The van der Waals surface area contributed by atoms with Crippen molar-refractivity contribution >= 4 is 40.8 Å². The summed E-state index contributed by atoms with van der Waals surface area (Å²) in [5.41, 5.74) is 0.791. The SMILES string of the molecule is CO[C@@H](CN(C)C(=O)c1cc(Cl)cc(Cl)c1)[C@@H](C)CN(C(=O)Nc1ccc(F)cc1)[C@H](C)CO. The first-order chi connectivity index (χ1) is 16.0. The summed E-state index contributed by atoms with van der Waals surface area (Å²) < 4.78 is 18.8. The van der Waals surface area contributed by atoms with Crippen LogP contribution in [-0.2, 0) is 4.74 Å². The van der Waals surface area contributed by atoms with Crippen LogP contribution < -0.4 is 5.32 Å². The fourth-order valence-electron chi connectivity index (χ4n) is 3.46. The van der Waals surface area contributed by atoms with E-state index in [0.717, 1.165) is 0 Å². The molecule has 34 heavy (non-hydrogen) atoms. The summed E-state index contributed by atoms with van der Waals surface area (Å²) in [6, 6.07) is 9.13. The zero-order chi connectivity index (χ0) is 25.4. The number of likely N-dealkylation sites (N-methyl/N-ethyl adjacent to an activating group) is 1. The van der Waals surface area contributed by atoms with E-state index in [1.807, 2.05) is 6.92 Å². The Labute approximate surface area is 209 Å². The minimum Gasteiger partial charge on any atom is -0.394 e. The van der Waals surface area contributed by atoms with Crippen LogP contribution in [-0.4, -0.2) is 72.8 Å². The fourth-order valence-corrected chi connectivity index (χ4v) is 3.98. The predicted molar refractivity (Wildman–Crippen MR) is 132 cm³/mol. The van der Waals surface area contributed by atoms with Gasteiger partial charge in [0.1, 0.15) is 5.82 Å². The summed E-state index contributed by atoms with van der Waals surface area (Å²) >= 11 is 12.0. The van der Waals surface area contributed by atoms with Crippen LogP contribution in [0.15, 0.2) is 42.5 Å². The number of methoxy groups -OCH3 is 1. The van der Waals surface area contributed by atoms with E-state index < -0.39 is 24.0 Å². The van der Waals surface area contributed by atoms with Crippen molar-refractivity contribution in [1.82, 2.24) is 9.80 Å². The van der Waals surface area contributed by atoms with Crippen molar-refractivity contribution in [1.29, 1.82) is 0 Å². The van der Waals surface area contributed by atoms with Crippen LogP contribution >= 0.6 is 23.2 Å². The second kappa shape index (κ2) is 12.9. The molecule has 2 aromatic carbocycles. The number of hydrogen-bond acceptors (Lipinski definition) is 4. The highest BCUT2D eigenvalue weighted by Gasteiger charge is 2.28. The molecule has 2 aromatic rings. The summed E-state index contributed by atoms with van der Waals surface area (Å²) in [5, 5.41) is 13.1. The number of carbonyl (C=O) groups excluding carboxylic acids is 2. The highest BCUT2D eigenvalue weighted by atomic mass is 35.5. The van der Waals surface area contributed by atoms with Crippen molar-refractivity contribution in [2.24, 2.45) is 5.92 Å². The van der Waals surface area contributed by atoms with E-state index in [9.17, 15) is 19.1 Å². The molecule has 0 aliphatic heterocycles. The lowest BCUT2D eigenvalue weighted by Gasteiger charge is -2.34. The monoisotopic (exact) mass is 513 g/mol. The van der Waals surface area contributed by atoms with Crippen molar-refractivity contribution in [3.63, 3.8) is 0 Å². The van der Waals surface area contributed by atoms with E-state index in [2.05, 4.69) is 5.32 Å². The Kier molecular flexibility index (Phi) is 10.6. The van der Waals surface area contributed by atoms with E-state index in [1.165, 1.54) is 41.2 Å². The second-order valence-electron chi connectivity index (χ2n) is 8.22. The van der Waals surface area contributed by atoms with Crippen LogP contribution in [0.25, 0.3) is 0 Å². The number of anilines is 1. The smallest absolute Gasteiger partial charge is 0.322 e. The number of hydrogen-bond donors (Lipinski definition) is 2. The molecule has 0 fully saturated rings. The van der Waals surface area contributed by atoms with Crippen LogP contribution in [0, 0.1) is 11.7 Å². The maximum Gasteiger partial charge on any atom is 0.322 e. The van der Waals surface area contributed by atoms with Gasteiger partial charge in [0.25, 0.3) is 5.91 Å². The highest BCUT2D eigenvalue weighted by molar-refractivity contribution is 6.35. The number of aliphatic hydroxyl groups is 1. The topological polar surface area (TPSA) is 82.1 Å². The van der Waals surface area contributed by atoms with Crippen LogP contribution in [0.1, 0.15) is 24.2 Å². The summed E-state index contributed by atoms with van der Waals surface area (Å²) in [7, 11) is 3.18. The number of nitrogens with one attached hydrogen (secondary N) is 1. The van der Waals surface area contributed by atoms with Gasteiger partial charge in [0.15, 0.2) is 0 Å². The number of ether oxygens (including phenoxy) is 1. The van der Waals surface area contributed by atoms with Crippen LogP contribution in [0.4, 0.5) is 14.9 Å². The number of rotatable bonds is 10.